The van der Waals surface area contributed by atoms with Gasteiger partial charge in [0, 0.05) is 5.69 Å². The number of ether oxygens (including phenoxy) is 2. The lowest BCUT2D eigenvalue weighted by Crippen LogP contribution is -2.41. The Morgan fingerprint density at radius 3 is 2.91 bits per heavy atom. The number of rotatable bonds is 3. The molecule has 3 N–H and O–H groups in total. The van der Waals surface area contributed by atoms with E-state index in [1.807, 2.05) is 24.3 Å². The van der Waals surface area contributed by atoms with Crippen molar-refractivity contribution in [3.63, 3.8) is 0 Å². The van der Waals surface area contributed by atoms with E-state index in [1.165, 1.54) is 0 Å². The van der Waals surface area contributed by atoms with Crippen molar-refractivity contribution < 1.29 is 14.3 Å². The second-order valence-corrected chi connectivity index (χ2v) is 4.96. The summed E-state index contributed by atoms with van der Waals surface area (Å²) in [6, 6.07) is 9.01. The van der Waals surface area contributed by atoms with Gasteiger partial charge in [0.15, 0.2) is 11.5 Å². The van der Waals surface area contributed by atoms with Crippen molar-refractivity contribution in [2.45, 2.75) is 13.0 Å². The zero-order chi connectivity index (χ0) is 15.5. The standard InChI is InChI=1S/C15H16N4O3/c1-9-6-11(19-15(16)18-9)14(20)17-7-10-8-21-12-4-2-3-5-13(12)22-10/h2-6,10H,7-8H2,1H3,(H,17,20)(H2,16,18,19). The quantitative estimate of drug-likeness (QED) is 0.875. The monoisotopic (exact) mass is 300 g/mol. The molecule has 0 spiro atoms. The largest absolute Gasteiger partial charge is 0.486 e. The lowest BCUT2D eigenvalue weighted by Gasteiger charge is -2.26. The highest BCUT2D eigenvalue weighted by Crippen LogP contribution is 2.30. The molecule has 1 amide bonds. The van der Waals surface area contributed by atoms with Gasteiger partial charge in [-0.15, -0.1) is 0 Å². The minimum Gasteiger partial charge on any atom is -0.486 e. The van der Waals surface area contributed by atoms with Crippen LogP contribution < -0.4 is 20.5 Å². The summed E-state index contributed by atoms with van der Waals surface area (Å²) < 4.78 is 11.4. The average Bonchev–Trinajstić information content (AvgIpc) is 2.51. The van der Waals surface area contributed by atoms with E-state index in [0.717, 1.165) is 0 Å². The Morgan fingerprint density at radius 1 is 1.36 bits per heavy atom. The van der Waals surface area contributed by atoms with E-state index < -0.39 is 0 Å². The van der Waals surface area contributed by atoms with Gasteiger partial charge in [-0.05, 0) is 25.1 Å². The van der Waals surface area contributed by atoms with Crippen LogP contribution in [0.5, 0.6) is 11.5 Å². The normalized spacial score (nSPS) is 16.1. The molecule has 0 fully saturated rings. The molecule has 22 heavy (non-hydrogen) atoms. The number of hydrogen-bond donors (Lipinski definition) is 2. The summed E-state index contributed by atoms with van der Waals surface area (Å²) in [7, 11) is 0. The van der Waals surface area contributed by atoms with Crippen LogP contribution in [0, 0.1) is 6.92 Å². The van der Waals surface area contributed by atoms with E-state index in [1.54, 1.807) is 13.0 Å². The van der Waals surface area contributed by atoms with Gasteiger partial charge < -0.3 is 20.5 Å². The SMILES string of the molecule is Cc1cc(C(=O)NCC2COc3ccccc3O2)nc(N)n1. The van der Waals surface area contributed by atoms with Gasteiger partial charge in [0.25, 0.3) is 5.91 Å². The van der Waals surface area contributed by atoms with Crippen LogP contribution >= 0.6 is 0 Å². The van der Waals surface area contributed by atoms with Crippen molar-refractivity contribution in [3.8, 4) is 11.5 Å². The summed E-state index contributed by atoms with van der Waals surface area (Å²) in [4.78, 5) is 19.9. The molecular formula is C15H16N4O3. The number of carbonyl (C=O) groups excluding carboxylic acids is 1. The first-order valence-electron chi connectivity index (χ1n) is 6.89. The molecule has 7 heteroatoms. The van der Waals surface area contributed by atoms with E-state index in [0.29, 0.717) is 30.3 Å². The molecule has 3 rings (SSSR count). The molecule has 2 aromatic rings. The Kier molecular flexibility index (Phi) is 3.78. The van der Waals surface area contributed by atoms with E-state index in [4.69, 9.17) is 15.2 Å². The predicted molar refractivity (Wildman–Crippen MR) is 79.9 cm³/mol. The van der Waals surface area contributed by atoms with Gasteiger partial charge in [-0.1, -0.05) is 12.1 Å². The number of hydrogen-bond acceptors (Lipinski definition) is 6. The fourth-order valence-corrected chi connectivity index (χ4v) is 2.17. The molecule has 0 bridgehead atoms. The number of amides is 1. The van der Waals surface area contributed by atoms with Crippen LogP contribution in [0.15, 0.2) is 30.3 Å². The summed E-state index contributed by atoms with van der Waals surface area (Å²) in [6.07, 6.45) is -0.251. The molecule has 1 aromatic heterocycles. The lowest BCUT2D eigenvalue weighted by atomic mass is 10.2. The lowest BCUT2D eigenvalue weighted by molar-refractivity contribution is 0.0786. The van der Waals surface area contributed by atoms with Crippen molar-refractivity contribution in [1.29, 1.82) is 0 Å². The summed E-state index contributed by atoms with van der Waals surface area (Å²) >= 11 is 0. The Bertz CT molecular complexity index is 685. The molecule has 1 aliphatic heterocycles. The number of carbonyl (C=O) groups is 1. The van der Waals surface area contributed by atoms with Crippen molar-refractivity contribution in [1.82, 2.24) is 15.3 Å². The fourth-order valence-electron chi connectivity index (χ4n) is 2.17. The Labute approximate surface area is 127 Å². The van der Waals surface area contributed by atoms with Gasteiger partial charge in [0.2, 0.25) is 5.95 Å². The van der Waals surface area contributed by atoms with Crippen molar-refractivity contribution in [2.75, 3.05) is 18.9 Å². The molecule has 114 valence electrons. The molecule has 1 aromatic carbocycles. The number of aryl methyl sites for hydroxylation is 1. The molecule has 0 saturated carbocycles. The van der Waals surface area contributed by atoms with Crippen LogP contribution in [-0.4, -0.2) is 35.1 Å². The summed E-state index contributed by atoms with van der Waals surface area (Å²) in [5, 5.41) is 2.76. The van der Waals surface area contributed by atoms with Gasteiger partial charge in [0.05, 0.1) is 6.54 Å². The summed E-state index contributed by atoms with van der Waals surface area (Å²) in [6.45, 7) is 2.45. The second-order valence-electron chi connectivity index (χ2n) is 4.96. The number of aromatic nitrogens is 2. The van der Waals surface area contributed by atoms with Gasteiger partial charge in [0.1, 0.15) is 18.4 Å². The third-order valence-corrected chi connectivity index (χ3v) is 3.16. The highest BCUT2D eigenvalue weighted by Gasteiger charge is 2.21. The summed E-state index contributed by atoms with van der Waals surface area (Å²) in [5.41, 5.74) is 6.42. The van der Waals surface area contributed by atoms with Gasteiger partial charge >= 0.3 is 0 Å². The topological polar surface area (TPSA) is 99.4 Å². The highest BCUT2D eigenvalue weighted by atomic mass is 16.6. The van der Waals surface area contributed by atoms with Crippen LogP contribution in [-0.2, 0) is 0 Å². The van der Waals surface area contributed by atoms with Gasteiger partial charge in [-0.25, -0.2) is 9.97 Å². The van der Waals surface area contributed by atoms with E-state index in [9.17, 15) is 4.79 Å². The minimum absolute atomic E-state index is 0.0799. The van der Waals surface area contributed by atoms with E-state index in [2.05, 4.69) is 15.3 Å². The zero-order valence-electron chi connectivity index (χ0n) is 12.1. The molecule has 2 heterocycles. The predicted octanol–water partition coefficient (Wildman–Crippen LogP) is 0.937. The molecule has 7 nitrogen and oxygen atoms in total. The Morgan fingerprint density at radius 2 is 2.14 bits per heavy atom. The number of nitrogen functional groups attached to an aromatic ring is 1. The molecule has 0 radical (unpaired) electrons. The maximum Gasteiger partial charge on any atom is 0.270 e. The highest BCUT2D eigenvalue weighted by molar-refractivity contribution is 5.92. The number of benzene rings is 1. The van der Waals surface area contributed by atoms with Crippen LogP contribution in [0.1, 0.15) is 16.2 Å². The molecular weight excluding hydrogens is 284 g/mol. The molecule has 1 atom stereocenters. The van der Waals surface area contributed by atoms with Gasteiger partial charge in [-0.3, -0.25) is 4.79 Å². The maximum absolute atomic E-state index is 12.1. The molecule has 0 saturated heterocycles. The Balaban J connectivity index is 1.60. The fraction of sp³-hybridized carbons (Fsp3) is 0.267. The van der Waals surface area contributed by atoms with Crippen LogP contribution in [0.4, 0.5) is 5.95 Å². The first kappa shape index (κ1) is 14.1. The number of anilines is 1. The van der Waals surface area contributed by atoms with Crippen LogP contribution in [0.3, 0.4) is 0 Å². The Hall–Kier alpha value is -2.83. The first-order valence-corrected chi connectivity index (χ1v) is 6.89. The van der Waals surface area contributed by atoms with Crippen molar-refractivity contribution >= 4 is 11.9 Å². The summed E-state index contributed by atoms with van der Waals surface area (Å²) in [5.74, 6) is 1.15. The zero-order valence-corrected chi connectivity index (χ0v) is 12.1. The number of nitrogens with one attached hydrogen (secondary N) is 1. The van der Waals surface area contributed by atoms with E-state index >= 15 is 0 Å². The number of fused-ring (bicyclic) bond motifs is 1. The maximum atomic E-state index is 12.1. The van der Waals surface area contributed by atoms with Crippen LogP contribution in [0.25, 0.3) is 0 Å². The number of nitrogens with zero attached hydrogens (tertiary/aromatic N) is 2. The number of nitrogens with two attached hydrogens (primary N) is 1. The van der Waals surface area contributed by atoms with Crippen molar-refractivity contribution in [2.24, 2.45) is 0 Å². The molecule has 1 aliphatic rings. The third-order valence-electron chi connectivity index (χ3n) is 3.16. The third kappa shape index (κ3) is 3.08. The molecule has 1 unspecified atom stereocenters. The van der Waals surface area contributed by atoms with Crippen molar-refractivity contribution in [3.05, 3.63) is 41.7 Å². The van der Waals surface area contributed by atoms with E-state index in [-0.39, 0.29) is 23.7 Å². The minimum atomic E-state index is -0.320. The average molecular weight is 300 g/mol. The smallest absolute Gasteiger partial charge is 0.270 e. The van der Waals surface area contributed by atoms with Crippen LogP contribution in [0.2, 0.25) is 0 Å². The first-order chi connectivity index (χ1) is 10.6. The second kappa shape index (κ2) is 5.88. The molecule has 0 aliphatic carbocycles. The number of para-hydroxylation sites is 2. The van der Waals surface area contributed by atoms with Gasteiger partial charge in [-0.2, -0.15) is 0 Å².